The van der Waals surface area contributed by atoms with E-state index in [0.717, 1.165) is 30.6 Å². The van der Waals surface area contributed by atoms with Crippen molar-refractivity contribution in [1.82, 2.24) is 0 Å². The van der Waals surface area contributed by atoms with E-state index < -0.39 is 0 Å². The average Bonchev–Trinajstić information content (AvgIpc) is 2.10. The lowest BCUT2D eigenvalue weighted by molar-refractivity contribution is -0.119. The van der Waals surface area contributed by atoms with Crippen LogP contribution in [0.25, 0.3) is 0 Å². The lowest BCUT2D eigenvalue weighted by atomic mass is 9.75. The maximum atomic E-state index is 11.3. The van der Waals surface area contributed by atoms with Crippen LogP contribution in [0.4, 0.5) is 0 Å². The molecule has 0 aromatic heterocycles. The Morgan fingerprint density at radius 3 is 2.75 bits per heavy atom. The van der Waals surface area contributed by atoms with E-state index in [-0.39, 0.29) is 0 Å². The number of ketones is 1. The van der Waals surface area contributed by atoms with Gasteiger partial charge in [0.15, 0.2) is 0 Å². The van der Waals surface area contributed by atoms with Gasteiger partial charge in [-0.05, 0) is 43.4 Å². The van der Waals surface area contributed by atoms with Gasteiger partial charge in [0, 0.05) is 12.8 Å². The van der Waals surface area contributed by atoms with E-state index in [2.05, 4.69) is 6.92 Å². The van der Waals surface area contributed by atoms with Gasteiger partial charge in [0.05, 0.1) is 0 Å². The molecule has 2 fully saturated rings. The number of carbonyl (C=O) groups excluding carboxylic acids is 1. The maximum absolute atomic E-state index is 11.3. The molecule has 3 atom stereocenters. The average molecular weight is 166 g/mol. The predicted octanol–water partition coefficient (Wildman–Crippen LogP) is 2.79. The van der Waals surface area contributed by atoms with Crippen LogP contribution in [0.3, 0.4) is 0 Å². The van der Waals surface area contributed by atoms with Gasteiger partial charge >= 0.3 is 0 Å². The van der Waals surface area contributed by atoms with Gasteiger partial charge in [0.1, 0.15) is 5.78 Å². The van der Waals surface area contributed by atoms with Crippen molar-refractivity contribution in [2.45, 2.75) is 45.4 Å². The highest BCUT2D eigenvalue weighted by molar-refractivity contribution is 5.78. The first-order valence-corrected chi connectivity index (χ1v) is 5.25. The summed E-state index contributed by atoms with van der Waals surface area (Å²) in [5.74, 6) is 3.02. The minimum absolute atomic E-state index is 0.525. The molecule has 0 aromatic carbocycles. The molecule has 0 spiro atoms. The summed E-state index contributed by atoms with van der Waals surface area (Å²) in [5.41, 5.74) is 0. The summed E-state index contributed by atoms with van der Waals surface area (Å²) in [5, 5.41) is 0. The molecule has 3 unspecified atom stereocenters. The quantitative estimate of drug-likeness (QED) is 0.541. The molecular formula is C11H18O. The molecule has 12 heavy (non-hydrogen) atoms. The SMILES string of the molecule is CC1CC2CCC(=O)CC(C1)C2. The zero-order chi connectivity index (χ0) is 8.55. The number of hydrogen-bond acceptors (Lipinski definition) is 1. The van der Waals surface area contributed by atoms with Gasteiger partial charge in [0.25, 0.3) is 0 Å². The lowest BCUT2D eigenvalue weighted by Crippen LogP contribution is -2.19. The number of rotatable bonds is 0. The molecule has 0 heterocycles. The summed E-state index contributed by atoms with van der Waals surface area (Å²) in [4.78, 5) is 11.3. The highest BCUT2D eigenvalue weighted by atomic mass is 16.1. The fourth-order valence-electron chi connectivity index (χ4n) is 3.09. The minimum atomic E-state index is 0.525. The number of Topliss-reactive ketones (excluding diaryl/α,β-unsaturated/α-hetero) is 1. The van der Waals surface area contributed by atoms with Gasteiger partial charge < -0.3 is 0 Å². The summed E-state index contributed by atoms with van der Waals surface area (Å²) in [7, 11) is 0. The molecule has 0 N–H and O–H groups in total. The van der Waals surface area contributed by atoms with Gasteiger partial charge in [0.2, 0.25) is 0 Å². The van der Waals surface area contributed by atoms with Crippen molar-refractivity contribution in [2.75, 3.05) is 0 Å². The second-order valence-corrected chi connectivity index (χ2v) is 4.83. The van der Waals surface area contributed by atoms with Crippen molar-refractivity contribution in [3.05, 3.63) is 0 Å². The van der Waals surface area contributed by atoms with Crippen molar-refractivity contribution in [3.63, 3.8) is 0 Å². The standard InChI is InChI=1S/C11H18O/c1-8-4-9-2-3-11(12)7-10(5-8)6-9/h8-10H,2-7H2,1H3. The molecule has 68 valence electrons. The number of hydrogen-bond donors (Lipinski definition) is 0. The van der Waals surface area contributed by atoms with Crippen LogP contribution in [0.1, 0.15) is 45.4 Å². The largest absolute Gasteiger partial charge is 0.300 e. The molecule has 2 saturated carbocycles. The Hall–Kier alpha value is -0.330. The molecule has 2 aliphatic carbocycles. The lowest BCUT2D eigenvalue weighted by Gasteiger charge is -2.30. The van der Waals surface area contributed by atoms with Crippen molar-refractivity contribution in [2.24, 2.45) is 17.8 Å². The zero-order valence-corrected chi connectivity index (χ0v) is 7.88. The fraction of sp³-hybridized carbons (Fsp3) is 0.909. The van der Waals surface area contributed by atoms with E-state index >= 15 is 0 Å². The first kappa shape index (κ1) is 8.28. The number of carbonyl (C=O) groups is 1. The molecule has 2 rings (SSSR count). The van der Waals surface area contributed by atoms with Crippen LogP contribution in [-0.4, -0.2) is 5.78 Å². The third kappa shape index (κ3) is 1.70. The van der Waals surface area contributed by atoms with Gasteiger partial charge in [-0.25, -0.2) is 0 Å². The van der Waals surface area contributed by atoms with Crippen LogP contribution < -0.4 is 0 Å². The third-order valence-electron chi connectivity index (χ3n) is 3.49. The summed E-state index contributed by atoms with van der Waals surface area (Å²) < 4.78 is 0. The third-order valence-corrected chi connectivity index (χ3v) is 3.49. The Bertz CT molecular complexity index is 185. The van der Waals surface area contributed by atoms with Crippen molar-refractivity contribution in [3.8, 4) is 0 Å². The van der Waals surface area contributed by atoms with E-state index in [0.29, 0.717) is 5.78 Å². The van der Waals surface area contributed by atoms with Crippen LogP contribution in [0, 0.1) is 17.8 Å². The second kappa shape index (κ2) is 3.20. The molecule has 0 amide bonds. The highest BCUT2D eigenvalue weighted by Gasteiger charge is 2.30. The zero-order valence-electron chi connectivity index (χ0n) is 7.88. The second-order valence-electron chi connectivity index (χ2n) is 4.83. The molecule has 0 radical (unpaired) electrons. The topological polar surface area (TPSA) is 17.1 Å². The van der Waals surface area contributed by atoms with E-state index in [1.807, 2.05) is 0 Å². The Labute approximate surface area is 74.5 Å². The maximum Gasteiger partial charge on any atom is 0.133 e. The first-order valence-electron chi connectivity index (χ1n) is 5.25. The smallest absolute Gasteiger partial charge is 0.133 e. The molecule has 1 heteroatoms. The monoisotopic (exact) mass is 166 g/mol. The minimum Gasteiger partial charge on any atom is -0.300 e. The van der Waals surface area contributed by atoms with Crippen molar-refractivity contribution >= 4 is 5.78 Å². The van der Waals surface area contributed by atoms with Crippen LogP contribution >= 0.6 is 0 Å². The molecule has 0 aliphatic heterocycles. The summed E-state index contributed by atoms with van der Waals surface area (Å²) in [6.07, 6.45) is 6.97. The molecule has 1 nitrogen and oxygen atoms in total. The predicted molar refractivity (Wildman–Crippen MR) is 48.9 cm³/mol. The molecule has 0 saturated heterocycles. The molecule has 2 aliphatic rings. The van der Waals surface area contributed by atoms with Crippen LogP contribution in [0.5, 0.6) is 0 Å². The van der Waals surface area contributed by atoms with E-state index in [4.69, 9.17) is 0 Å². The summed E-state index contributed by atoms with van der Waals surface area (Å²) >= 11 is 0. The van der Waals surface area contributed by atoms with Gasteiger partial charge in [-0.1, -0.05) is 6.92 Å². The molecule has 2 bridgehead atoms. The summed E-state index contributed by atoms with van der Waals surface area (Å²) in [6.45, 7) is 2.34. The highest BCUT2D eigenvalue weighted by Crippen LogP contribution is 2.39. The Morgan fingerprint density at radius 2 is 1.92 bits per heavy atom. The summed E-state index contributed by atoms with van der Waals surface area (Å²) in [6, 6.07) is 0. The van der Waals surface area contributed by atoms with E-state index in [1.165, 1.54) is 25.7 Å². The Kier molecular flexibility index (Phi) is 2.20. The molecular weight excluding hydrogens is 148 g/mol. The van der Waals surface area contributed by atoms with Crippen LogP contribution in [-0.2, 0) is 4.79 Å². The van der Waals surface area contributed by atoms with Crippen molar-refractivity contribution < 1.29 is 4.79 Å². The number of fused-ring (bicyclic) bond motifs is 2. The Balaban J connectivity index is 2.06. The van der Waals surface area contributed by atoms with Crippen LogP contribution in [0.15, 0.2) is 0 Å². The van der Waals surface area contributed by atoms with Gasteiger partial charge in [-0.3, -0.25) is 4.79 Å². The van der Waals surface area contributed by atoms with Crippen LogP contribution in [0.2, 0.25) is 0 Å². The van der Waals surface area contributed by atoms with E-state index in [1.54, 1.807) is 0 Å². The Morgan fingerprint density at radius 1 is 1.17 bits per heavy atom. The first-order chi connectivity index (χ1) is 5.74. The van der Waals surface area contributed by atoms with Gasteiger partial charge in [-0.15, -0.1) is 0 Å². The fourth-order valence-corrected chi connectivity index (χ4v) is 3.09. The van der Waals surface area contributed by atoms with Crippen molar-refractivity contribution in [1.29, 1.82) is 0 Å². The van der Waals surface area contributed by atoms with Gasteiger partial charge in [-0.2, -0.15) is 0 Å². The molecule has 0 aromatic rings. The van der Waals surface area contributed by atoms with E-state index in [9.17, 15) is 4.79 Å². The normalized spacial score (nSPS) is 42.4.